The van der Waals surface area contributed by atoms with Gasteiger partial charge in [-0.2, -0.15) is 0 Å². The van der Waals surface area contributed by atoms with Crippen LogP contribution in [-0.4, -0.2) is 29.9 Å². The maximum atomic E-state index is 12.2. The van der Waals surface area contributed by atoms with Crippen LogP contribution >= 0.6 is 0 Å². The summed E-state index contributed by atoms with van der Waals surface area (Å²) in [6, 6.07) is 14.8. The zero-order chi connectivity index (χ0) is 14.7. The van der Waals surface area contributed by atoms with Crippen molar-refractivity contribution in [3.8, 4) is 0 Å². The van der Waals surface area contributed by atoms with Gasteiger partial charge in [0.25, 0.3) is 0 Å². The van der Waals surface area contributed by atoms with E-state index in [1.807, 2.05) is 24.3 Å². The summed E-state index contributed by atoms with van der Waals surface area (Å²) in [5, 5.41) is 5.37. The molecule has 2 aromatic carbocycles. The first-order chi connectivity index (χ1) is 10.2. The second-order valence-corrected chi connectivity index (χ2v) is 5.93. The van der Waals surface area contributed by atoms with Crippen molar-refractivity contribution < 1.29 is 4.79 Å². The summed E-state index contributed by atoms with van der Waals surface area (Å²) in [5.74, 6) is 0.0824. The quantitative estimate of drug-likeness (QED) is 0.932. The smallest absolute Gasteiger partial charge is 0.238 e. The summed E-state index contributed by atoms with van der Waals surface area (Å²) in [6.07, 6.45) is 3.68. The van der Waals surface area contributed by atoms with Gasteiger partial charge in [0.2, 0.25) is 5.91 Å². The maximum absolute atomic E-state index is 12.2. The highest BCUT2D eigenvalue weighted by molar-refractivity contribution is 5.95. The first-order valence-electron chi connectivity index (χ1n) is 7.75. The molecule has 1 aliphatic heterocycles. The average molecular weight is 282 g/mol. The van der Waals surface area contributed by atoms with Gasteiger partial charge in [-0.3, -0.25) is 9.69 Å². The number of likely N-dealkylation sites (tertiary alicyclic amines) is 1. The van der Waals surface area contributed by atoms with Gasteiger partial charge in [0, 0.05) is 11.7 Å². The minimum absolute atomic E-state index is 0.0824. The molecule has 0 bridgehead atoms. The molecule has 3 heteroatoms. The molecule has 1 N–H and O–H groups in total. The van der Waals surface area contributed by atoms with Gasteiger partial charge >= 0.3 is 0 Å². The van der Waals surface area contributed by atoms with E-state index < -0.39 is 0 Å². The highest BCUT2D eigenvalue weighted by Crippen LogP contribution is 2.19. The van der Waals surface area contributed by atoms with E-state index in [0.717, 1.165) is 17.6 Å². The van der Waals surface area contributed by atoms with Gasteiger partial charge in [-0.25, -0.2) is 0 Å². The van der Waals surface area contributed by atoms with E-state index in [2.05, 4.69) is 35.3 Å². The van der Waals surface area contributed by atoms with E-state index in [0.29, 0.717) is 12.6 Å². The molecule has 0 aromatic heterocycles. The lowest BCUT2D eigenvalue weighted by molar-refractivity contribution is -0.118. The summed E-state index contributed by atoms with van der Waals surface area (Å²) in [4.78, 5) is 14.5. The number of carbonyl (C=O) groups excluding carboxylic acids is 1. The molecule has 3 nitrogen and oxygen atoms in total. The predicted molar refractivity (Wildman–Crippen MR) is 87.5 cm³/mol. The van der Waals surface area contributed by atoms with Gasteiger partial charge < -0.3 is 5.32 Å². The summed E-state index contributed by atoms with van der Waals surface area (Å²) >= 11 is 0. The third-order valence-corrected chi connectivity index (χ3v) is 4.32. The molecule has 1 heterocycles. The van der Waals surface area contributed by atoms with Gasteiger partial charge in [0.05, 0.1) is 6.54 Å². The number of carbonyl (C=O) groups is 1. The summed E-state index contributed by atoms with van der Waals surface area (Å²) in [5.41, 5.74) is 0.878. The fourth-order valence-corrected chi connectivity index (χ4v) is 3.04. The van der Waals surface area contributed by atoms with Crippen LogP contribution < -0.4 is 5.32 Å². The molecule has 0 unspecified atom stereocenters. The molecular weight excluding hydrogens is 260 g/mol. The molecule has 1 atom stereocenters. The molecule has 1 aliphatic rings. The van der Waals surface area contributed by atoms with Crippen molar-refractivity contribution in [2.75, 3.05) is 18.4 Å². The first kappa shape index (κ1) is 14.1. The number of benzene rings is 2. The number of fused-ring (bicyclic) bond motifs is 1. The molecule has 0 aliphatic carbocycles. The van der Waals surface area contributed by atoms with E-state index in [1.165, 1.54) is 24.6 Å². The van der Waals surface area contributed by atoms with Crippen LogP contribution in [0.5, 0.6) is 0 Å². The van der Waals surface area contributed by atoms with Crippen LogP contribution in [0.15, 0.2) is 42.5 Å². The Kier molecular flexibility index (Phi) is 4.20. The standard InChI is InChI=1S/C18H22N2O/c1-14-6-4-5-11-20(14)13-18(21)19-17-10-9-15-7-2-3-8-16(15)12-17/h2-3,7-10,12,14H,4-6,11,13H2,1H3,(H,19,21)/t14-/m0/s1. The Morgan fingerprint density at radius 1 is 1.19 bits per heavy atom. The minimum Gasteiger partial charge on any atom is -0.325 e. The Bertz CT molecular complexity index is 638. The summed E-state index contributed by atoms with van der Waals surface area (Å²) in [6.45, 7) is 3.74. The lowest BCUT2D eigenvalue weighted by Gasteiger charge is -2.32. The Hall–Kier alpha value is -1.87. The molecule has 1 saturated heterocycles. The molecule has 0 saturated carbocycles. The van der Waals surface area contributed by atoms with E-state index in [-0.39, 0.29) is 5.91 Å². The van der Waals surface area contributed by atoms with Crippen LogP contribution in [0.4, 0.5) is 5.69 Å². The lowest BCUT2D eigenvalue weighted by Crippen LogP contribution is -2.42. The molecule has 1 fully saturated rings. The number of piperidine rings is 1. The fourth-order valence-electron chi connectivity index (χ4n) is 3.04. The van der Waals surface area contributed by atoms with Crippen molar-refractivity contribution in [1.29, 1.82) is 0 Å². The topological polar surface area (TPSA) is 32.3 Å². The molecule has 0 radical (unpaired) electrons. The third kappa shape index (κ3) is 3.42. The third-order valence-electron chi connectivity index (χ3n) is 4.32. The van der Waals surface area contributed by atoms with Gasteiger partial charge in [0.1, 0.15) is 0 Å². The second-order valence-electron chi connectivity index (χ2n) is 5.93. The van der Waals surface area contributed by atoms with Crippen LogP contribution in [-0.2, 0) is 4.79 Å². The highest BCUT2D eigenvalue weighted by Gasteiger charge is 2.20. The number of hydrogen-bond acceptors (Lipinski definition) is 2. The molecular formula is C18H22N2O. The molecule has 1 amide bonds. The predicted octanol–water partition coefficient (Wildman–Crippen LogP) is 3.65. The molecule has 3 rings (SSSR count). The molecule has 21 heavy (non-hydrogen) atoms. The fraction of sp³-hybridized carbons (Fsp3) is 0.389. The van der Waals surface area contributed by atoms with Crippen molar-refractivity contribution in [1.82, 2.24) is 4.90 Å². The van der Waals surface area contributed by atoms with E-state index in [1.54, 1.807) is 0 Å². The zero-order valence-corrected chi connectivity index (χ0v) is 12.5. The van der Waals surface area contributed by atoms with Gasteiger partial charge in [-0.15, -0.1) is 0 Å². The summed E-state index contributed by atoms with van der Waals surface area (Å²) in [7, 11) is 0. The van der Waals surface area contributed by atoms with Crippen molar-refractivity contribution in [2.45, 2.75) is 32.2 Å². The lowest BCUT2D eigenvalue weighted by atomic mass is 10.0. The second kappa shape index (κ2) is 6.27. The Morgan fingerprint density at radius 3 is 2.81 bits per heavy atom. The Morgan fingerprint density at radius 2 is 2.00 bits per heavy atom. The molecule has 2 aromatic rings. The van der Waals surface area contributed by atoms with Crippen LogP contribution in [0.25, 0.3) is 10.8 Å². The van der Waals surface area contributed by atoms with Gasteiger partial charge in [-0.05, 0) is 49.2 Å². The summed E-state index contributed by atoms with van der Waals surface area (Å²) < 4.78 is 0. The maximum Gasteiger partial charge on any atom is 0.238 e. The van der Waals surface area contributed by atoms with E-state index >= 15 is 0 Å². The van der Waals surface area contributed by atoms with Crippen molar-refractivity contribution in [3.63, 3.8) is 0 Å². The number of amides is 1. The van der Waals surface area contributed by atoms with Crippen molar-refractivity contribution in [3.05, 3.63) is 42.5 Å². The monoisotopic (exact) mass is 282 g/mol. The molecule has 110 valence electrons. The van der Waals surface area contributed by atoms with Crippen molar-refractivity contribution in [2.24, 2.45) is 0 Å². The van der Waals surface area contributed by atoms with E-state index in [4.69, 9.17) is 0 Å². The first-order valence-corrected chi connectivity index (χ1v) is 7.75. The number of nitrogens with one attached hydrogen (secondary N) is 1. The van der Waals surface area contributed by atoms with Crippen molar-refractivity contribution >= 4 is 22.4 Å². The number of rotatable bonds is 3. The highest BCUT2D eigenvalue weighted by atomic mass is 16.2. The van der Waals surface area contributed by atoms with Crippen LogP contribution in [0.3, 0.4) is 0 Å². The van der Waals surface area contributed by atoms with Crippen LogP contribution in [0.2, 0.25) is 0 Å². The van der Waals surface area contributed by atoms with Gasteiger partial charge in [0.15, 0.2) is 0 Å². The number of anilines is 1. The number of hydrogen-bond donors (Lipinski definition) is 1. The van der Waals surface area contributed by atoms with Crippen LogP contribution in [0.1, 0.15) is 26.2 Å². The molecule has 0 spiro atoms. The Balaban J connectivity index is 1.65. The van der Waals surface area contributed by atoms with Gasteiger partial charge in [-0.1, -0.05) is 36.8 Å². The SMILES string of the molecule is C[C@H]1CCCCN1CC(=O)Nc1ccc2ccccc2c1. The zero-order valence-electron chi connectivity index (χ0n) is 12.5. The van der Waals surface area contributed by atoms with Crippen LogP contribution in [0, 0.1) is 0 Å². The Labute approximate surface area is 125 Å². The number of nitrogens with zero attached hydrogens (tertiary/aromatic N) is 1. The normalized spacial score (nSPS) is 19.6. The minimum atomic E-state index is 0.0824. The van der Waals surface area contributed by atoms with E-state index in [9.17, 15) is 4.79 Å². The average Bonchev–Trinajstić information content (AvgIpc) is 2.49. The largest absolute Gasteiger partial charge is 0.325 e.